The van der Waals surface area contributed by atoms with Crippen LogP contribution in [0.3, 0.4) is 0 Å². The first kappa shape index (κ1) is 13.1. The Morgan fingerprint density at radius 3 is 2.29 bits per heavy atom. The minimum absolute atomic E-state index is 0.00260. The maximum absolute atomic E-state index is 11.2. The van der Waals surface area contributed by atoms with Crippen LogP contribution in [0.5, 0.6) is 0 Å². The Bertz CT molecular complexity index is 414. The van der Waals surface area contributed by atoms with E-state index in [0.29, 0.717) is 0 Å². The molecule has 0 aromatic heterocycles. The van der Waals surface area contributed by atoms with Crippen molar-refractivity contribution >= 4 is 11.6 Å². The molecule has 0 saturated carbocycles. The van der Waals surface area contributed by atoms with E-state index in [1.807, 2.05) is 0 Å². The molecule has 0 saturated heterocycles. The molecule has 6 heteroatoms. The van der Waals surface area contributed by atoms with Gasteiger partial charge in [0.2, 0.25) is 5.91 Å². The monoisotopic (exact) mass is 238 g/mol. The molecule has 17 heavy (non-hydrogen) atoms. The first-order chi connectivity index (χ1) is 7.91. The number of nitrogens with zero attached hydrogens (tertiary/aromatic N) is 1. The van der Waals surface area contributed by atoms with Crippen LogP contribution in [0, 0.1) is 10.1 Å². The number of carbonyl (C=O) groups is 1. The van der Waals surface area contributed by atoms with Crippen LogP contribution in [0.15, 0.2) is 24.3 Å². The Kier molecular flexibility index (Phi) is 4.17. The van der Waals surface area contributed by atoms with Crippen molar-refractivity contribution in [2.24, 2.45) is 0 Å². The Morgan fingerprint density at radius 1 is 1.35 bits per heavy atom. The zero-order valence-electron chi connectivity index (χ0n) is 9.58. The lowest BCUT2D eigenvalue weighted by atomic mass is 10.1. The van der Waals surface area contributed by atoms with Crippen molar-refractivity contribution < 1.29 is 14.8 Å². The largest absolute Gasteiger partial charge is 0.384 e. The fourth-order valence-corrected chi connectivity index (χ4v) is 1.30. The van der Waals surface area contributed by atoms with Crippen molar-refractivity contribution in [1.29, 1.82) is 0 Å². The summed E-state index contributed by atoms with van der Waals surface area (Å²) in [5.74, 6) is -0.476. The van der Waals surface area contributed by atoms with Gasteiger partial charge in [0.1, 0.15) is 6.10 Å². The van der Waals surface area contributed by atoms with Gasteiger partial charge in [0.15, 0.2) is 0 Å². The van der Waals surface area contributed by atoms with E-state index in [-0.39, 0.29) is 11.7 Å². The molecule has 0 bridgehead atoms. The normalized spacial score (nSPS) is 13.8. The van der Waals surface area contributed by atoms with Gasteiger partial charge in [-0.1, -0.05) is 12.1 Å². The molecule has 0 heterocycles. The van der Waals surface area contributed by atoms with Gasteiger partial charge in [0.05, 0.1) is 11.0 Å². The molecule has 0 fully saturated rings. The average Bonchev–Trinajstić information content (AvgIpc) is 2.28. The van der Waals surface area contributed by atoms with Gasteiger partial charge < -0.3 is 10.4 Å². The summed E-state index contributed by atoms with van der Waals surface area (Å²) in [7, 11) is 0. The Hall–Kier alpha value is -1.95. The van der Waals surface area contributed by atoms with Crippen molar-refractivity contribution in [2.75, 3.05) is 0 Å². The van der Waals surface area contributed by atoms with Crippen LogP contribution in [-0.2, 0) is 4.79 Å². The van der Waals surface area contributed by atoms with Crippen molar-refractivity contribution in [3.8, 4) is 0 Å². The van der Waals surface area contributed by atoms with E-state index in [1.54, 1.807) is 19.1 Å². The second-order valence-electron chi connectivity index (χ2n) is 3.75. The third kappa shape index (κ3) is 3.53. The lowest BCUT2D eigenvalue weighted by molar-refractivity contribution is -0.384. The molecule has 0 aliphatic carbocycles. The van der Waals surface area contributed by atoms with Crippen LogP contribution in [-0.4, -0.2) is 22.0 Å². The lowest BCUT2D eigenvalue weighted by Crippen LogP contribution is -2.34. The number of benzene rings is 1. The number of carbonyl (C=O) groups excluding carboxylic acids is 1. The highest BCUT2D eigenvalue weighted by Gasteiger charge is 2.14. The first-order valence-electron chi connectivity index (χ1n) is 5.14. The highest BCUT2D eigenvalue weighted by Crippen LogP contribution is 2.17. The molecule has 6 nitrogen and oxygen atoms in total. The van der Waals surface area contributed by atoms with Crippen LogP contribution in [0.4, 0.5) is 5.69 Å². The van der Waals surface area contributed by atoms with E-state index in [0.717, 1.165) is 5.56 Å². The van der Waals surface area contributed by atoms with Crippen molar-refractivity contribution in [3.63, 3.8) is 0 Å². The number of nitro groups is 1. The molecule has 1 aromatic carbocycles. The van der Waals surface area contributed by atoms with E-state index in [4.69, 9.17) is 5.11 Å². The minimum Gasteiger partial charge on any atom is -0.384 e. The molecule has 1 rings (SSSR count). The van der Waals surface area contributed by atoms with E-state index in [9.17, 15) is 14.9 Å². The maximum Gasteiger partial charge on any atom is 0.269 e. The number of aliphatic hydroxyl groups is 1. The maximum atomic E-state index is 11.2. The second kappa shape index (κ2) is 5.40. The molecule has 1 aromatic rings. The highest BCUT2D eigenvalue weighted by molar-refractivity contribution is 5.80. The number of nitro benzene ring substituents is 1. The van der Waals surface area contributed by atoms with Crippen LogP contribution in [0.2, 0.25) is 0 Å². The topological polar surface area (TPSA) is 92.5 Å². The van der Waals surface area contributed by atoms with Gasteiger partial charge in [-0.25, -0.2) is 0 Å². The van der Waals surface area contributed by atoms with Crippen LogP contribution in [0.25, 0.3) is 0 Å². The number of rotatable bonds is 4. The van der Waals surface area contributed by atoms with Crippen LogP contribution >= 0.6 is 0 Å². The van der Waals surface area contributed by atoms with Gasteiger partial charge >= 0.3 is 0 Å². The molecular weight excluding hydrogens is 224 g/mol. The van der Waals surface area contributed by atoms with E-state index in [2.05, 4.69) is 5.32 Å². The summed E-state index contributed by atoms with van der Waals surface area (Å²) in [6.45, 7) is 3.11. The summed E-state index contributed by atoms with van der Waals surface area (Å²) in [5.41, 5.74) is 0.743. The molecule has 0 radical (unpaired) electrons. The third-order valence-corrected chi connectivity index (χ3v) is 2.34. The van der Waals surface area contributed by atoms with Gasteiger partial charge in [-0.2, -0.15) is 0 Å². The number of hydrogen-bond acceptors (Lipinski definition) is 4. The van der Waals surface area contributed by atoms with E-state index >= 15 is 0 Å². The summed E-state index contributed by atoms with van der Waals surface area (Å²) in [6, 6.07) is 5.59. The first-order valence-corrected chi connectivity index (χ1v) is 5.14. The van der Waals surface area contributed by atoms with E-state index in [1.165, 1.54) is 19.1 Å². The number of amides is 1. The fraction of sp³-hybridized carbons (Fsp3) is 0.364. The molecule has 0 aliphatic rings. The minimum atomic E-state index is -1.07. The number of nitrogens with one attached hydrogen (secondary N) is 1. The second-order valence-corrected chi connectivity index (χ2v) is 3.75. The Balaban J connectivity index is 2.73. The zero-order chi connectivity index (χ0) is 13.0. The lowest BCUT2D eigenvalue weighted by Gasteiger charge is -2.15. The highest BCUT2D eigenvalue weighted by atomic mass is 16.6. The van der Waals surface area contributed by atoms with Crippen molar-refractivity contribution in [3.05, 3.63) is 39.9 Å². The molecule has 0 aliphatic heterocycles. The van der Waals surface area contributed by atoms with Gasteiger partial charge in [-0.05, 0) is 19.4 Å². The molecule has 2 unspecified atom stereocenters. The van der Waals surface area contributed by atoms with Gasteiger partial charge in [-0.3, -0.25) is 14.9 Å². The molecular formula is C11H14N2O4. The Morgan fingerprint density at radius 2 is 1.88 bits per heavy atom. The average molecular weight is 238 g/mol. The number of hydrogen-bond donors (Lipinski definition) is 2. The van der Waals surface area contributed by atoms with E-state index < -0.39 is 16.9 Å². The predicted octanol–water partition coefficient (Wildman–Crippen LogP) is 1.15. The van der Waals surface area contributed by atoms with Crippen molar-refractivity contribution in [1.82, 2.24) is 5.32 Å². The standard InChI is InChI=1S/C11H14N2O4/c1-7(12-11(15)8(2)14)9-3-5-10(6-4-9)13(16)17/h3-8,14H,1-2H3,(H,12,15). The zero-order valence-corrected chi connectivity index (χ0v) is 9.58. The van der Waals surface area contributed by atoms with Crippen LogP contribution < -0.4 is 5.32 Å². The van der Waals surface area contributed by atoms with Crippen molar-refractivity contribution in [2.45, 2.75) is 26.0 Å². The summed E-state index contributed by atoms with van der Waals surface area (Å²) in [4.78, 5) is 21.2. The van der Waals surface area contributed by atoms with Gasteiger partial charge in [-0.15, -0.1) is 0 Å². The summed E-state index contributed by atoms with van der Waals surface area (Å²) < 4.78 is 0. The molecule has 2 N–H and O–H groups in total. The smallest absolute Gasteiger partial charge is 0.269 e. The summed E-state index contributed by atoms with van der Waals surface area (Å²) in [5, 5.41) is 22.1. The fourth-order valence-electron chi connectivity index (χ4n) is 1.30. The molecule has 1 amide bonds. The number of non-ortho nitro benzene ring substituents is 1. The third-order valence-electron chi connectivity index (χ3n) is 2.34. The SMILES string of the molecule is CC(O)C(=O)NC(C)c1ccc([N+](=O)[O-])cc1. The Labute approximate surface area is 98.4 Å². The molecule has 2 atom stereocenters. The van der Waals surface area contributed by atoms with Gasteiger partial charge in [0, 0.05) is 12.1 Å². The summed E-state index contributed by atoms with van der Waals surface area (Å²) >= 11 is 0. The molecule has 92 valence electrons. The predicted molar refractivity (Wildman–Crippen MR) is 61.3 cm³/mol. The quantitative estimate of drug-likeness (QED) is 0.608. The molecule has 0 spiro atoms. The number of aliphatic hydroxyl groups excluding tert-OH is 1. The summed E-state index contributed by atoms with van der Waals surface area (Å²) in [6.07, 6.45) is -1.07. The van der Waals surface area contributed by atoms with Crippen LogP contribution in [0.1, 0.15) is 25.5 Å². The van der Waals surface area contributed by atoms with Gasteiger partial charge in [0.25, 0.3) is 5.69 Å².